The van der Waals surface area contributed by atoms with E-state index >= 15 is 0 Å². The molecule has 6 rings (SSSR count). The Morgan fingerprint density at radius 2 is 0.581 bits per heavy atom. The third kappa shape index (κ3) is 6.37. The lowest BCUT2D eigenvalue weighted by molar-refractivity contribution is -0.268. The third-order valence-electron chi connectivity index (χ3n) is 6.82. The maximum Gasteiger partial charge on any atom is 0.206 e. The highest BCUT2D eigenvalue weighted by Crippen LogP contribution is 2.31. The van der Waals surface area contributed by atoms with Crippen LogP contribution in [0.5, 0.6) is 34.5 Å². The maximum atomic E-state index is 13.2. The van der Waals surface area contributed by atoms with Crippen molar-refractivity contribution in [1.29, 1.82) is 0 Å². The Kier molecular flexibility index (Phi) is 7.56. The Balaban J connectivity index is 1.09. The third-order valence-corrected chi connectivity index (χ3v) is 8.61. The molecule has 0 spiro atoms. The molecule has 6 aromatic carbocycles. The quantitative estimate of drug-likeness (QED) is 0.183. The molecule has 0 N–H and O–H groups in total. The monoisotopic (exact) mass is 584 g/mol. The van der Waals surface area contributed by atoms with Crippen molar-refractivity contribution in [2.75, 3.05) is 0 Å². The number of sulfone groups is 1. The van der Waals surface area contributed by atoms with E-state index in [1.165, 1.54) is 48.5 Å². The maximum absolute atomic E-state index is 13.2. The lowest BCUT2D eigenvalue weighted by Crippen LogP contribution is -2.01. The molecule has 0 radical (unpaired) electrons. The van der Waals surface area contributed by atoms with Gasteiger partial charge in [0.1, 0.15) is 23.0 Å². The molecule has 0 saturated heterocycles. The highest BCUT2D eigenvalue weighted by atomic mass is 32.2. The first kappa shape index (κ1) is 27.6. The molecule has 0 bridgehead atoms. The van der Waals surface area contributed by atoms with E-state index in [0.717, 1.165) is 22.3 Å². The normalized spacial score (nSPS) is 11.2. The summed E-state index contributed by atoms with van der Waals surface area (Å²) < 4.78 is 38.3. The fraction of sp³-hybridized carbons (Fsp3) is 0. The van der Waals surface area contributed by atoms with Gasteiger partial charge in [-0.3, -0.25) is 0 Å². The average Bonchev–Trinajstić information content (AvgIpc) is 3.03. The second-order valence-electron chi connectivity index (χ2n) is 9.75. The van der Waals surface area contributed by atoms with Gasteiger partial charge in [0.25, 0.3) is 0 Å². The summed E-state index contributed by atoms with van der Waals surface area (Å²) >= 11 is 0. The van der Waals surface area contributed by atoms with Crippen molar-refractivity contribution in [3.05, 3.63) is 146 Å². The SMILES string of the molecule is O=S(=O)(c1ccc(Oc2ccc(-c3ccc([O-])cc3)cc2)cc1)c1ccc(Oc2ccc(-c3ccc([O-])cc3)cc2)cc1. The number of rotatable bonds is 8. The van der Waals surface area contributed by atoms with Gasteiger partial charge in [-0.05, 0) is 95.1 Å². The molecule has 0 aliphatic rings. The van der Waals surface area contributed by atoms with Crippen molar-refractivity contribution >= 4 is 9.84 Å². The summed E-state index contributed by atoms with van der Waals surface area (Å²) in [7, 11) is -3.75. The molecule has 6 aromatic rings. The first-order valence-corrected chi connectivity index (χ1v) is 14.9. The molecule has 0 fully saturated rings. The van der Waals surface area contributed by atoms with Crippen LogP contribution in [0.15, 0.2) is 155 Å². The topological polar surface area (TPSA) is 98.7 Å². The van der Waals surface area contributed by atoms with Crippen LogP contribution in [0.25, 0.3) is 22.3 Å². The van der Waals surface area contributed by atoms with Crippen molar-refractivity contribution in [2.45, 2.75) is 9.79 Å². The molecule has 0 heterocycles. The van der Waals surface area contributed by atoms with E-state index in [4.69, 9.17) is 9.47 Å². The van der Waals surface area contributed by atoms with Crippen molar-refractivity contribution in [1.82, 2.24) is 0 Å². The van der Waals surface area contributed by atoms with Gasteiger partial charge in [0.2, 0.25) is 9.84 Å². The summed E-state index contributed by atoms with van der Waals surface area (Å²) in [6, 6.07) is 40.6. The number of hydrogen-bond acceptors (Lipinski definition) is 6. The summed E-state index contributed by atoms with van der Waals surface area (Å²) in [5.74, 6) is 2.12. The van der Waals surface area contributed by atoms with Gasteiger partial charge in [-0.2, -0.15) is 0 Å². The van der Waals surface area contributed by atoms with Crippen LogP contribution in [-0.2, 0) is 9.84 Å². The second kappa shape index (κ2) is 11.8. The minimum Gasteiger partial charge on any atom is -0.872 e. The van der Waals surface area contributed by atoms with Gasteiger partial charge in [0.05, 0.1) is 9.79 Å². The molecule has 212 valence electrons. The van der Waals surface area contributed by atoms with E-state index in [2.05, 4.69) is 0 Å². The van der Waals surface area contributed by atoms with Gasteiger partial charge in [-0.1, -0.05) is 72.8 Å². The first-order chi connectivity index (χ1) is 20.8. The Bertz CT molecular complexity index is 1790. The molecular formula is C36H24O6S-2. The summed E-state index contributed by atoms with van der Waals surface area (Å²) in [5, 5.41) is 22.7. The minimum absolute atomic E-state index is 0.0376. The van der Waals surface area contributed by atoms with Crippen LogP contribution in [0.3, 0.4) is 0 Å². The zero-order valence-corrected chi connectivity index (χ0v) is 23.5. The molecule has 0 saturated carbocycles. The lowest BCUT2D eigenvalue weighted by Gasteiger charge is -2.11. The summed E-state index contributed by atoms with van der Waals surface area (Å²) in [6.45, 7) is 0. The van der Waals surface area contributed by atoms with E-state index in [9.17, 15) is 18.6 Å². The van der Waals surface area contributed by atoms with Crippen LogP contribution < -0.4 is 19.7 Å². The molecule has 0 aliphatic heterocycles. The Hall–Kier alpha value is -5.53. The molecule has 0 atom stereocenters. The van der Waals surface area contributed by atoms with Gasteiger partial charge in [-0.25, -0.2) is 8.42 Å². The number of benzene rings is 6. The number of hydrogen-bond donors (Lipinski definition) is 0. The fourth-order valence-corrected chi connectivity index (χ4v) is 5.77. The predicted octanol–water partition coefficient (Wildman–Crippen LogP) is 7.59. The van der Waals surface area contributed by atoms with E-state index in [1.807, 2.05) is 48.5 Å². The molecule has 0 aromatic heterocycles. The Labute approximate surface area is 249 Å². The zero-order valence-electron chi connectivity index (χ0n) is 22.7. The van der Waals surface area contributed by atoms with Crippen LogP contribution in [-0.4, -0.2) is 8.42 Å². The van der Waals surface area contributed by atoms with Gasteiger partial charge in [-0.15, -0.1) is 11.5 Å². The van der Waals surface area contributed by atoms with Crippen LogP contribution in [0.4, 0.5) is 0 Å². The summed E-state index contributed by atoms with van der Waals surface area (Å²) in [6.07, 6.45) is 0. The second-order valence-corrected chi connectivity index (χ2v) is 11.7. The molecule has 43 heavy (non-hydrogen) atoms. The fourth-order valence-electron chi connectivity index (χ4n) is 4.51. The van der Waals surface area contributed by atoms with E-state index < -0.39 is 9.84 Å². The lowest BCUT2D eigenvalue weighted by atomic mass is 10.1. The van der Waals surface area contributed by atoms with E-state index in [0.29, 0.717) is 23.0 Å². The van der Waals surface area contributed by atoms with Gasteiger partial charge in [0.15, 0.2) is 0 Å². The van der Waals surface area contributed by atoms with Crippen LogP contribution in [0.1, 0.15) is 0 Å². The molecule has 0 aliphatic carbocycles. The molecular weight excluding hydrogens is 560 g/mol. The van der Waals surface area contributed by atoms with Gasteiger partial charge in [0, 0.05) is 0 Å². The standard InChI is InChI=1S/C36H26O6S/c37-29-9-1-25(2-10-29)27-5-13-31(14-6-27)41-33-17-21-35(22-18-33)43(39,40)36-23-19-34(20-24-36)42-32-15-7-28(8-16-32)26-3-11-30(38)12-4-26/h1-24,37-38H/p-2. The smallest absolute Gasteiger partial charge is 0.206 e. The minimum atomic E-state index is -3.75. The van der Waals surface area contributed by atoms with Crippen molar-refractivity contribution in [3.8, 4) is 56.8 Å². The largest absolute Gasteiger partial charge is 0.872 e. The van der Waals surface area contributed by atoms with Crippen LogP contribution >= 0.6 is 0 Å². The van der Waals surface area contributed by atoms with Crippen LogP contribution in [0, 0.1) is 0 Å². The molecule has 6 nitrogen and oxygen atoms in total. The van der Waals surface area contributed by atoms with Gasteiger partial charge < -0.3 is 19.7 Å². The summed E-state index contributed by atoms with van der Waals surface area (Å²) in [4.78, 5) is 0.289. The zero-order chi connectivity index (χ0) is 29.8. The van der Waals surface area contributed by atoms with Crippen LogP contribution in [0.2, 0.25) is 0 Å². The van der Waals surface area contributed by atoms with Crippen molar-refractivity contribution in [3.63, 3.8) is 0 Å². The average molecular weight is 585 g/mol. The number of ether oxygens (including phenoxy) is 2. The van der Waals surface area contributed by atoms with Crippen molar-refractivity contribution < 1.29 is 28.1 Å². The highest BCUT2D eigenvalue weighted by Gasteiger charge is 2.18. The summed E-state index contributed by atoms with van der Waals surface area (Å²) in [5.41, 5.74) is 3.76. The molecule has 7 heteroatoms. The highest BCUT2D eigenvalue weighted by molar-refractivity contribution is 7.91. The molecule has 0 amide bonds. The first-order valence-electron chi connectivity index (χ1n) is 13.4. The Morgan fingerprint density at radius 1 is 0.349 bits per heavy atom. The van der Waals surface area contributed by atoms with E-state index in [-0.39, 0.29) is 21.3 Å². The van der Waals surface area contributed by atoms with Gasteiger partial charge >= 0.3 is 0 Å². The Morgan fingerprint density at radius 3 is 0.860 bits per heavy atom. The predicted molar refractivity (Wildman–Crippen MR) is 161 cm³/mol. The van der Waals surface area contributed by atoms with Crippen molar-refractivity contribution in [2.24, 2.45) is 0 Å². The van der Waals surface area contributed by atoms with E-state index in [1.54, 1.807) is 48.5 Å². The molecule has 0 unspecified atom stereocenters.